The molecule has 2 unspecified atom stereocenters. The van der Waals surface area contributed by atoms with E-state index in [2.05, 4.69) is 27.9 Å². The summed E-state index contributed by atoms with van der Waals surface area (Å²) in [4.78, 5) is 2.43. The van der Waals surface area contributed by atoms with E-state index in [-0.39, 0.29) is 6.04 Å². The van der Waals surface area contributed by atoms with Crippen molar-refractivity contribution in [3.63, 3.8) is 0 Å². The van der Waals surface area contributed by atoms with E-state index in [1.807, 2.05) is 25.1 Å². The van der Waals surface area contributed by atoms with Gasteiger partial charge in [-0.2, -0.15) is 0 Å². The second-order valence-corrected chi connectivity index (χ2v) is 6.30. The standard InChI is InChI=1S/C15H23BrN2O/c1-11(17)14-10-12(16)5-6-15(14)19-9-7-13-4-3-8-18(13)2/h5-6,10-11,13H,3-4,7-9,17H2,1-2H3. The van der Waals surface area contributed by atoms with Gasteiger partial charge in [0.05, 0.1) is 6.61 Å². The van der Waals surface area contributed by atoms with E-state index in [4.69, 9.17) is 10.5 Å². The van der Waals surface area contributed by atoms with E-state index in [1.165, 1.54) is 19.4 Å². The van der Waals surface area contributed by atoms with Crippen molar-refractivity contribution >= 4 is 15.9 Å². The second-order valence-electron chi connectivity index (χ2n) is 5.38. The molecular formula is C15H23BrN2O. The molecule has 0 aromatic heterocycles. The molecule has 3 nitrogen and oxygen atoms in total. The van der Waals surface area contributed by atoms with Gasteiger partial charge in [0.2, 0.25) is 0 Å². The molecule has 1 aromatic rings. The molecule has 4 heteroatoms. The summed E-state index contributed by atoms with van der Waals surface area (Å²) in [6.07, 6.45) is 3.69. The van der Waals surface area contributed by atoms with Crippen molar-refractivity contribution in [1.29, 1.82) is 0 Å². The summed E-state index contributed by atoms with van der Waals surface area (Å²) < 4.78 is 6.98. The molecule has 0 aliphatic carbocycles. The molecule has 1 heterocycles. The first kappa shape index (κ1) is 14.8. The third-order valence-corrected chi connectivity index (χ3v) is 4.34. The maximum atomic E-state index is 5.99. The van der Waals surface area contributed by atoms with Crippen molar-refractivity contribution in [1.82, 2.24) is 4.90 Å². The van der Waals surface area contributed by atoms with Crippen molar-refractivity contribution in [2.45, 2.75) is 38.3 Å². The number of rotatable bonds is 5. The molecule has 1 aliphatic rings. The molecule has 1 fully saturated rings. The third-order valence-electron chi connectivity index (χ3n) is 3.84. The van der Waals surface area contributed by atoms with E-state index < -0.39 is 0 Å². The molecule has 0 amide bonds. The average Bonchev–Trinajstić information content (AvgIpc) is 2.77. The van der Waals surface area contributed by atoms with Crippen LogP contribution >= 0.6 is 15.9 Å². The Morgan fingerprint density at radius 1 is 1.53 bits per heavy atom. The number of likely N-dealkylation sites (tertiary alicyclic amines) is 1. The molecule has 2 N–H and O–H groups in total. The molecule has 0 saturated carbocycles. The lowest BCUT2D eigenvalue weighted by Crippen LogP contribution is -2.26. The normalized spacial score (nSPS) is 21.6. The fourth-order valence-corrected chi connectivity index (χ4v) is 3.03. The van der Waals surface area contributed by atoms with Crippen LogP contribution in [0.5, 0.6) is 5.75 Å². The lowest BCUT2D eigenvalue weighted by Gasteiger charge is -2.20. The van der Waals surface area contributed by atoms with Crippen LogP contribution in [-0.2, 0) is 0 Å². The number of benzene rings is 1. The fraction of sp³-hybridized carbons (Fsp3) is 0.600. The maximum absolute atomic E-state index is 5.99. The highest BCUT2D eigenvalue weighted by Gasteiger charge is 2.20. The molecule has 1 saturated heterocycles. The van der Waals surface area contributed by atoms with Crippen LogP contribution < -0.4 is 10.5 Å². The van der Waals surface area contributed by atoms with Gasteiger partial charge >= 0.3 is 0 Å². The van der Waals surface area contributed by atoms with Gasteiger partial charge in [-0.15, -0.1) is 0 Å². The largest absolute Gasteiger partial charge is 0.493 e. The maximum Gasteiger partial charge on any atom is 0.124 e. The minimum atomic E-state index is -0.0124. The van der Waals surface area contributed by atoms with Crippen LogP contribution in [0.4, 0.5) is 0 Å². The number of hydrogen-bond acceptors (Lipinski definition) is 3. The summed E-state index contributed by atoms with van der Waals surface area (Å²) in [7, 11) is 2.20. The molecular weight excluding hydrogens is 304 g/mol. The van der Waals surface area contributed by atoms with Crippen molar-refractivity contribution < 1.29 is 4.74 Å². The predicted molar refractivity (Wildman–Crippen MR) is 82.5 cm³/mol. The summed E-state index contributed by atoms with van der Waals surface area (Å²) in [5, 5.41) is 0. The molecule has 1 aromatic carbocycles. The Hall–Kier alpha value is -0.580. The summed E-state index contributed by atoms with van der Waals surface area (Å²) in [6.45, 7) is 3.96. The van der Waals surface area contributed by atoms with Gasteiger partial charge in [-0.05, 0) is 58.0 Å². The van der Waals surface area contributed by atoms with E-state index >= 15 is 0 Å². The molecule has 0 spiro atoms. The van der Waals surface area contributed by atoms with Crippen LogP contribution in [0.1, 0.15) is 37.8 Å². The van der Waals surface area contributed by atoms with Crippen molar-refractivity contribution in [2.24, 2.45) is 5.73 Å². The predicted octanol–water partition coefficient (Wildman–Crippen LogP) is 3.33. The van der Waals surface area contributed by atoms with Crippen LogP contribution in [0, 0.1) is 0 Å². The average molecular weight is 327 g/mol. The van der Waals surface area contributed by atoms with Crippen LogP contribution in [0.3, 0.4) is 0 Å². The summed E-state index contributed by atoms with van der Waals surface area (Å²) in [6, 6.07) is 6.71. The second kappa shape index (κ2) is 6.73. The van der Waals surface area contributed by atoms with Crippen molar-refractivity contribution in [3.05, 3.63) is 28.2 Å². The summed E-state index contributed by atoms with van der Waals surface area (Å²) in [5.41, 5.74) is 7.05. The highest BCUT2D eigenvalue weighted by molar-refractivity contribution is 9.10. The Bertz CT molecular complexity index is 423. The van der Waals surface area contributed by atoms with Crippen molar-refractivity contribution in [3.8, 4) is 5.75 Å². The molecule has 1 aliphatic heterocycles. The number of nitrogens with zero attached hydrogens (tertiary/aromatic N) is 1. The smallest absolute Gasteiger partial charge is 0.124 e. The highest BCUT2D eigenvalue weighted by Crippen LogP contribution is 2.28. The minimum absolute atomic E-state index is 0.0124. The SMILES string of the molecule is CC(N)c1cc(Br)ccc1OCCC1CCCN1C. The van der Waals surface area contributed by atoms with Crippen LogP contribution in [0.15, 0.2) is 22.7 Å². The van der Waals surface area contributed by atoms with Gasteiger partial charge < -0.3 is 15.4 Å². The van der Waals surface area contributed by atoms with Crippen LogP contribution in [0.25, 0.3) is 0 Å². The molecule has 2 rings (SSSR count). The fourth-order valence-electron chi connectivity index (χ4n) is 2.66. The first-order valence-corrected chi connectivity index (χ1v) is 7.75. The summed E-state index contributed by atoms with van der Waals surface area (Å²) in [5.74, 6) is 0.916. The van der Waals surface area contributed by atoms with Crippen molar-refractivity contribution in [2.75, 3.05) is 20.2 Å². The zero-order valence-corrected chi connectivity index (χ0v) is 13.3. The Balaban J connectivity index is 1.92. The minimum Gasteiger partial charge on any atom is -0.493 e. The number of ether oxygens (including phenoxy) is 1. The Morgan fingerprint density at radius 3 is 2.95 bits per heavy atom. The van der Waals surface area contributed by atoms with Gasteiger partial charge in [-0.1, -0.05) is 15.9 Å². The van der Waals surface area contributed by atoms with E-state index in [0.717, 1.165) is 28.8 Å². The zero-order chi connectivity index (χ0) is 13.8. The Kier molecular flexibility index (Phi) is 5.25. The molecule has 106 valence electrons. The number of hydrogen-bond donors (Lipinski definition) is 1. The molecule has 0 bridgehead atoms. The zero-order valence-electron chi connectivity index (χ0n) is 11.7. The lowest BCUT2D eigenvalue weighted by atomic mass is 10.1. The van der Waals surface area contributed by atoms with Gasteiger partial charge in [0.1, 0.15) is 5.75 Å². The topological polar surface area (TPSA) is 38.5 Å². The van der Waals surface area contributed by atoms with Gasteiger partial charge in [-0.25, -0.2) is 0 Å². The van der Waals surface area contributed by atoms with Crippen LogP contribution in [0.2, 0.25) is 0 Å². The quantitative estimate of drug-likeness (QED) is 0.901. The van der Waals surface area contributed by atoms with Gasteiger partial charge in [0.15, 0.2) is 0 Å². The molecule has 0 radical (unpaired) electrons. The monoisotopic (exact) mass is 326 g/mol. The van der Waals surface area contributed by atoms with Gasteiger partial charge in [-0.3, -0.25) is 0 Å². The summed E-state index contributed by atoms with van der Waals surface area (Å²) >= 11 is 3.48. The molecule has 2 atom stereocenters. The van der Waals surface area contributed by atoms with Gasteiger partial charge in [0, 0.05) is 22.1 Å². The Morgan fingerprint density at radius 2 is 2.32 bits per heavy atom. The first-order chi connectivity index (χ1) is 9.08. The van der Waals surface area contributed by atoms with E-state index in [0.29, 0.717) is 6.04 Å². The van der Waals surface area contributed by atoms with Gasteiger partial charge in [0.25, 0.3) is 0 Å². The third kappa shape index (κ3) is 3.94. The number of halogens is 1. The molecule has 19 heavy (non-hydrogen) atoms. The van der Waals surface area contributed by atoms with E-state index in [9.17, 15) is 0 Å². The first-order valence-electron chi connectivity index (χ1n) is 6.96. The Labute approximate surface area is 124 Å². The van der Waals surface area contributed by atoms with Crippen LogP contribution in [-0.4, -0.2) is 31.1 Å². The highest BCUT2D eigenvalue weighted by atomic mass is 79.9. The lowest BCUT2D eigenvalue weighted by molar-refractivity contribution is 0.231. The number of nitrogens with two attached hydrogens (primary N) is 1. The van der Waals surface area contributed by atoms with E-state index in [1.54, 1.807) is 0 Å².